The van der Waals surface area contributed by atoms with Crippen LogP contribution in [0.4, 0.5) is 0 Å². The highest BCUT2D eigenvalue weighted by molar-refractivity contribution is 5.42. The maximum absolute atomic E-state index is 6.54. The molecular weight excluding hydrogens is 260 g/mol. The Morgan fingerprint density at radius 3 is 2.57 bits per heavy atom. The van der Waals surface area contributed by atoms with Crippen LogP contribution in [0.5, 0.6) is 5.75 Å². The smallest absolute Gasteiger partial charge is 0.119 e. The van der Waals surface area contributed by atoms with E-state index in [1.807, 2.05) is 0 Å². The fraction of sp³-hybridized carbons (Fsp3) is 0.667. The first-order chi connectivity index (χ1) is 10.1. The number of benzene rings is 1. The number of piperidine rings is 1. The van der Waals surface area contributed by atoms with Crippen molar-refractivity contribution in [1.82, 2.24) is 4.90 Å². The predicted octanol–water partition coefficient (Wildman–Crippen LogP) is 2.99. The average Bonchev–Trinajstić information content (AvgIpc) is 2.84. The minimum atomic E-state index is 0.130. The Hall–Kier alpha value is -1.06. The summed E-state index contributed by atoms with van der Waals surface area (Å²) in [5.74, 6) is 2.62. The second-order valence-electron chi connectivity index (χ2n) is 6.98. The molecule has 3 nitrogen and oxygen atoms in total. The topological polar surface area (TPSA) is 38.5 Å². The zero-order valence-corrected chi connectivity index (χ0v) is 13.5. The molecule has 1 aliphatic carbocycles. The van der Waals surface area contributed by atoms with Crippen LogP contribution < -0.4 is 10.5 Å². The van der Waals surface area contributed by atoms with E-state index in [-0.39, 0.29) is 6.04 Å². The Bertz CT molecular complexity index is 492. The largest absolute Gasteiger partial charge is 0.497 e. The fourth-order valence-corrected chi connectivity index (χ4v) is 4.03. The van der Waals surface area contributed by atoms with Gasteiger partial charge in [-0.05, 0) is 67.4 Å². The molecular formula is C18H28N2O. The van der Waals surface area contributed by atoms with E-state index in [4.69, 9.17) is 10.5 Å². The van der Waals surface area contributed by atoms with Gasteiger partial charge in [0.2, 0.25) is 0 Å². The molecule has 0 bridgehead atoms. The molecule has 1 aromatic rings. The van der Waals surface area contributed by atoms with Crippen LogP contribution in [0, 0.1) is 11.8 Å². The zero-order chi connectivity index (χ0) is 15.0. The van der Waals surface area contributed by atoms with Crippen molar-refractivity contribution < 1.29 is 4.74 Å². The lowest BCUT2D eigenvalue weighted by Crippen LogP contribution is -2.46. The summed E-state index contributed by atoms with van der Waals surface area (Å²) in [5.41, 5.74) is 9.23. The molecule has 2 N–H and O–H groups in total. The van der Waals surface area contributed by atoms with Crippen molar-refractivity contribution in [3.63, 3.8) is 0 Å². The van der Waals surface area contributed by atoms with Crippen LogP contribution in [0.25, 0.3) is 0 Å². The van der Waals surface area contributed by atoms with E-state index in [0.717, 1.165) is 24.0 Å². The molecule has 2 aliphatic rings. The van der Waals surface area contributed by atoms with Gasteiger partial charge in [0.1, 0.15) is 5.75 Å². The van der Waals surface area contributed by atoms with Crippen LogP contribution in [-0.4, -0.2) is 31.1 Å². The molecule has 116 valence electrons. The van der Waals surface area contributed by atoms with Crippen LogP contribution >= 0.6 is 0 Å². The molecule has 0 aromatic heterocycles. The number of rotatable bonds is 3. The molecule has 3 heteroatoms. The summed E-state index contributed by atoms with van der Waals surface area (Å²) in [6, 6.07) is 6.97. The Morgan fingerprint density at radius 2 is 1.95 bits per heavy atom. The number of hydrogen-bond donors (Lipinski definition) is 1. The van der Waals surface area contributed by atoms with Gasteiger partial charge < -0.3 is 10.5 Å². The number of fused-ring (bicyclic) bond motifs is 1. The van der Waals surface area contributed by atoms with E-state index >= 15 is 0 Å². The third-order valence-corrected chi connectivity index (χ3v) is 5.54. The average molecular weight is 288 g/mol. The van der Waals surface area contributed by atoms with Crippen molar-refractivity contribution in [1.29, 1.82) is 0 Å². The Morgan fingerprint density at radius 1 is 1.24 bits per heavy atom. The van der Waals surface area contributed by atoms with Gasteiger partial charge in [-0.2, -0.15) is 0 Å². The number of methoxy groups -OCH3 is 1. The lowest BCUT2D eigenvalue weighted by Gasteiger charge is -2.39. The van der Waals surface area contributed by atoms with Gasteiger partial charge in [-0.1, -0.05) is 19.9 Å². The number of hydrogen-bond acceptors (Lipinski definition) is 3. The van der Waals surface area contributed by atoms with Crippen LogP contribution in [0.3, 0.4) is 0 Å². The first kappa shape index (κ1) is 14.9. The van der Waals surface area contributed by atoms with Gasteiger partial charge in [0.05, 0.1) is 7.11 Å². The highest BCUT2D eigenvalue weighted by atomic mass is 16.5. The number of ether oxygens (including phenoxy) is 1. The van der Waals surface area contributed by atoms with Gasteiger partial charge in [0, 0.05) is 12.1 Å². The minimum Gasteiger partial charge on any atom is -0.497 e. The van der Waals surface area contributed by atoms with E-state index in [2.05, 4.69) is 36.9 Å². The molecule has 0 spiro atoms. The molecule has 1 aliphatic heterocycles. The minimum absolute atomic E-state index is 0.130. The van der Waals surface area contributed by atoms with E-state index < -0.39 is 0 Å². The molecule has 21 heavy (non-hydrogen) atoms. The summed E-state index contributed by atoms with van der Waals surface area (Å²) in [4.78, 5) is 2.62. The SMILES string of the molecule is COc1ccc2c(c1)C(N)C(N1CCC(C(C)C)CC1)C2. The summed E-state index contributed by atoms with van der Waals surface area (Å²) in [7, 11) is 1.72. The van der Waals surface area contributed by atoms with Crippen LogP contribution in [-0.2, 0) is 6.42 Å². The van der Waals surface area contributed by atoms with Crippen molar-refractivity contribution in [2.75, 3.05) is 20.2 Å². The molecule has 0 saturated carbocycles. The maximum Gasteiger partial charge on any atom is 0.119 e. The molecule has 1 saturated heterocycles. The monoisotopic (exact) mass is 288 g/mol. The quantitative estimate of drug-likeness (QED) is 0.929. The van der Waals surface area contributed by atoms with Crippen LogP contribution in [0.15, 0.2) is 18.2 Å². The van der Waals surface area contributed by atoms with Gasteiger partial charge in [0.25, 0.3) is 0 Å². The third kappa shape index (κ3) is 2.82. The van der Waals surface area contributed by atoms with E-state index in [1.54, 1.807) is 7.11 Å². The lowest BCUT2D eigenvalue weighted by atomic mass is 9.86. The molecule has 3 rings (SSSR count). The van der Waals surface area contributed by atoms with Crippen molar-refractivity contribution in [2.24, 2.45) is 17.6 Å². The summed E-state index contributed by atoms with van der Waals surface area (Å²) >= 11 is 0. The number of nitrogens with two attached hydrogens (primary N) is 1. The number of likely N-dealkylation sites (tertiary alicyclic amines) is 1. The molecule has 0 radical (unpaired) electrons. The predicted molar refractivity (Wildman–Crippen MR) is 86.5 cm³/mol. The van der Waals surface area contributed by atoms with E-state index in [9.17, 15) is 0 Å². The van der Waals surface area contributed by atoms with Crippen LogP contribution in [0.2, 0.25) is 0 Å². The van der Waals surface area contributed by atoms with Crippen LogP contribution in [0.1, 0.15) is 43.9 Å². The maximum atomic E-state index is 6.54. The van der Waals surface area contributed by atoms with Gasteiger partial charge in [-0.15, -0.1) is 0 Å². The Balaban J connectivity index is 1.69. The summed E-state index contributed by atoms with van der Waals surface area (Å²) in [6.07, 6.45) is 3.73. The van der Waals surface area contributed by atoms with Crippen molar-refractivity contribution in [2.45, 2.75) is 45.2 Å². The highest BCUT2D eigenvalue weighted by Crippen LogP contribution is 2.37. The molecule has 1 aromatic carbocycles. The number of nitrogens with zero attached hydrogens (tertiary/aromatic N) is 1. The lowest BCUT2D eigenvalue weighted by molar-refractivity contribution is 0.106. The van der Waals surface area contributed by atoms with Crippen molar-refractivity contribution in [3.05, 3.63) is 29.3 Å². The standard InChI is InChI=1S/C18H28N2O/c1-12(2)13-6-8-20(9-7-13)17-10-14-4-5-15(21-3)11-16(14)18(17)19/h4-5,11-13,17-18H,6-10,19H2,1-3H3. The van der Waals surface area contributed by atoms with E-state index in [0.29, 0.717) is 6.04 Å². The molecule has 2 unspecified atom stereocenters. The van der Waals surface area contributed by atoms with Gasteiger partial charge in [-0.3, -0.25) is 4.90 Å². The first-order valence-electron chi connectivity index (χ1n) is 8.26. The van der Waals surface area contributed by atoms with Gasteiger partial charge >= 0.3 is 0 Å². The Kier molecular flexibility index (Phi) is 4.23. The molecule has 1 fully saturated rings. The van der Waals surface area contributed by atoms with Crippen molar-refractivity contribution >= 4 is 0 Å². The van der Waals surface area contributed by atoms with E-state index in [1.165, 1.54) is 37.1 Å². The summed E-state index contributed by atoms with van der Waals surface area (Å²) in [6.45, 7) is 7.10. The first-order valence-corrected chi connectivity index (χ1v) is 8.26. The zero-order valence-electron chi connectivity index (χ0n) is 13.5. The normalized spacial score (nSPS) is 27.1. The second kappa shape index (κ2) is 5.98. The third-order valence-electron chi connectivity index (χ3n) is 5.54. The van der Waals surface area contributed by atoms with Gasteiger partial charge in [-0.25, -0.2) is 0 Å². The molecule has 2 atom stereocenters. The Labute approximate surface area is 128 Å². The summed E-state index contributed by atoms with van der Waals surface area (Å²) in [5, 5.41) is 0. The second-order valence-corrected chi connectivity index (χ2v) is 6.98. The fourth-order valence-electron chi connectivity index (χ4n) is 4.03. The molecule has 1 heterocycles. The summed E-state index contributed by atoms with van der Waals surface area (Å²) < 4.78 is 5.34. The van der Waals surface area contributed by atoms with Gasteiger partial charge in [0.15, 0.2) is 0 Å². The molecule has 0 amide bonds. The highest BCUT2D eigenvalue weighted by Gasteiger charge is 2.36. The van der Waals surface area contributed by atoms with Crippen molar-refractivity contribution in [3.8, 4) is 5.75 Å².